The molecule has 0 spiro atoms. The maximum atomic E-state index is 10.1. The zero-order chi connectivity index (χ0) is 14.4. The van der Waals surface area contributed by atoms with Crippen LogP contribution in [0.15, 0.2) is 0 Å². The van der Waals surface area contributed by atoms with Gasteiger partial charge in [-0.05, 0) is 6.92 Å². The summed E-state index contributed by atoms with van der Waals surface area (Å²) >= 11 is 0. The summed E-state index contributed by atoms with van der Waals surface area (Å²) in [7, 11) is 0. The topological polar surface area (TPSA) is 118 Å². The van der Waals surface area contributed by atoms with Crippen LogP contribution < -0.4 is 0 Å². The Morgan fingerprint density at radius 2 is 1.70 bits per heavy atom. The van der Waals surface area contributed by atoms with Crippen LogP contribution in [0.3, 0.4) is 0 Å². The van der Waals surface area contributed by atoms with E-state index in [9.17, 15) is 15.3 Å². The molecule has 0 aromatic carbocycles. The zero-order valence-corrected chi connectivity index (χ0v) is 11.0. The Bertz CT molecular complexity index is 352. The second-order valence-electron chi connectivity index (χ2n) is 5.48. The Kier molecular flexibility index (Phi) is 3.99. The molecule has 3 fully saturated rings. The fourth-order valence-corrected chi connectivity index (χ4v) is 3.01. The maximum Gasteiger partial charge on any atom is 0.187 e. The van der Waals surface area contributed by atoms with E-state index in [2.05, 4.69) is 0 Å². The van der Waals surface area contributed by atoms with E-state index in [1.807, 2.05) is 0 Å². The van der Waals surface area contributed by atoms with Crippen LogP contribution >= 0.6 is 0 Å². The second-order valence-corrected chi connectivity index (χ2v) is 5.48. The summed E-state index contributed by atoms with van der Waals surface area (Å²) in [6, 6.07) is 0. The highest BCUT2D eigenvalue weighted by Crippen LogP contribution is 2.36. The first-order chi connectivity index (χ1) is 9.51. The van der Waals surface area contributed by atoms with Gasteiger partial charge >= 0.3 is 0 Å². The van der Waals surface area contributed by atoms with Crippen molar-refractivity contribution < 1.29 is 39.4 Å². The third kappa shape index (κ3) is 2.36. The van der Waals surface area contributed by atoms with Crippen molar-refractivity contribution in [3.05, 3.63) is 0 Å². The van der Waals surface area contributed by atoms with Crippen molar-refractivity contribution in [3.8, 4) is 0 Å². The van der Waals surface area contributed by atoms with Crippen LogP contribution in [0.2, 0.25) is 0 Å². The van der Waals surface area contributed by atoms with E-state index in [1.165, 1.54) is 0 Å². The molecule has 116 valence electrons. The Morgan fingerprint density at radius 3 is 2.40 bits per heavy atom. The van der Waals surface area contributed by atoms with Crippen LogP contribution in [-0.2, 0) is 18.9 Å². The molecule has 20 heavy (non-hydrogen) atoms. The molecule has 0 radical (unpaired) electrons. The van der Waals surface area contributed by atoms with Crippen molar-refractivity contribution in [3.63, 3.8) is 0 Å². The molecule has 8 nitrogen and oxygen atoms in total. The summed E-state index contributed by atoms with van der Waals surface area (Å²) in [5.41, 5.74) is 0. The molecule has 0 bridgehead atoms. The van der Waals surface area contributed by atoms with Gasteiger partial charge in [0.1, 0.15) is 30.5 Å². The van der Waals surface area contributed by atoms with Crippen LogP contribution in [0.1, 0.15) is 13.3 Å². The summed E-state index contributed by atoms with van der Waals surface area (Å²) in [5.74, 6) is 0. The number of fused-ring (bicyclic) bond motifs is 2. The molecule has 0 aromatic heterocycles. The Morgan fingerprint density at radius 1 is 0.950 bits per heavy atom. The van der Waals surface area contributed by atoms with Gasteiger partial charge in [0, 0.05) is 6.42 Å². The van der Waals surface area contributed by atoms with E-state index in [-0.39, 0.29) is 6.42 Å². The second kappa shape index (κ2) is 5.47. The van der Waals surface area contributed by atoms with Gasteiger partial charge in [-0.15, -0.1) is 0 Å². The number of hydrogen-bond donors (Lipinski definition) is 4. The number of aliphatic hydroxyl groups excluding tert-OH is 4. The number of rotatable bonds is 1. The Hall–Kier alpha value is -0.320. The van der Waals surface area contributed by atoms with E-state index in [4.69, 9.17) is 24.1 Å². The molecule has 0 saturated carbocycles. The minimum atomic E-state index is -1.24. The lowest BCUT2D eigenvalue weighted by Crippen LogP contribution is -2.67. The van der Waals surface area contributed by atoms with E-state index >= 15 is 0 Å². The highest BCUT2D eigenvalue weighted by atomic mass is 16.7. The first-order valence-corrected chi connectivity index (χ1v) is 6.78. The summed E-state index contributed by atoms with van der Waals surface area (Å²) in [4.78, 5) is 0. The Balaban J connectivity index is 1.76. The highest BCUT2D eigenvalue weighted by molar-refractivity contribution is 4.96. The molecule has 0 aromatic rings. The van der Waals surface area contributed by atoms with Crippen LogP contribution in [-0.4, -0.2) is 82.3 Å². The van der Waals surface area contributed by atoms with E-state index in [1.54, 1.807) is 6.92 Å². The number of ether oxygens (including phenoxy) is 4. The minimum absolute atomic E-state index is 0.240. The van der Waals surface area contributed by atoms with Gasteiger partial charge in [-0.1, -0.05) is 0 Å². The van der Waals surface area contributed by atoms with Gasteiger partial charge in [-0.25, -0.2) is 0 Å². The summed E-state index contributed by atoms with van der Waals surface area (Å²) in [6.07, 6.45) is -7.08. The van der Waals surface area contributed by atoms with Crippen molar-refractivity contribution in [1.29, 1.82) is 0 Å². The minimum Gasteiger partial charge on any atom is -0.394 e. The van der Waals surface area contributed by atoms with Crippen molar-refractivity contribution in [1.82, 2.24) is 0 Å². The van der Waals surface area contributed by atoms with Gasteiger partial charge in [0.15, 0.2) is 12.6 Å². The molecular weight excluding hydrogens is 272 g/mol. The lowest BCUT2D eigenvalue weighted by molar-refractivity contribution is -0.393. The van der Waals surface area contributed by atoms with Crippen LogP contribution in [0, 0.1) is 0 Å². The average Bonchev–Trinajstić information content (AvgIpc) is 2.41. The van der Waals surface area contributed by atoms with Gasteiger partial charge in [0.05, 0.1) is 18.8 Å². The van der Waals surface area contributed by atoms with Crippen LogP contribution in [0.4, 0.5) is 0 Å². The average molecular weight is 292 g/mol. The standard InChI is InChI=1S/C12H20O8/c1-4-10-5(2-7(14)17-4)18-12-11(20-10)9(16)8(15)6(3-13)19-12/h4-16H,2-3H2,1H3/t4-,5-,6-,7+,8-,9+,10-,11-,12-/m1/s1. The van der Waals surface area contributed by atoms with Crippen LogP contribution in [0.25, 0.3) is 0 Å². The van der Waals surface area contributed by atoms with Crippen molar-refractivity contribution >= 4 is 0 Å². The van der Waals surface area contributed by atoms with Gasteiger partial charge < -0.3 is 39.4 Å². The molecule has 0 unspecified atom stereocenters. The van der Waals surface area contributed by atoms with Gasteiger partial charge in [0.25, 0.3) is 0 Å². The molecule has 3 rings (SSSR count). The van der Waals surface area contributed by atoms with Crippen molar-refractivity contribution in [2.75, 3.05) is 6.61 Å². The predicted molar refractivity (Wildman–Crippen MR) is 62.5 cm³/mol. The monoisotopic (exact) mass is 292 g/mol. The van der Waals surface area contributed by atoms with Gasteiger partial charge in [0.2, 0.25) is 0 Å². The third-order valence-electron chi connectivity index (χ3n) is 4.08. The van der Waals surface area contributed by atoms with Crippen molar-refractivity contribution in [2.24, 2.45) is 0 Å². The molecular formula is C12H20O8. The van der Waals surface area contributed by atoms with E-state index in [0.29, 0.717) is 0 Å². The van der Waals surface area contributed by atoms with E-state index in [0.717, 1.165) is 0 Å². The molecule has 3 saturated heterocycles. The van der Waals surface area contributed by atoms with Gasteiger partial charge in [-0.2, -0.15) is 0 Å². The number of aliphatic hydroxyl groups is 4. The predicted octanol–water partition coefficient (Wildman–Crippen LogP) is -2.29. The smallest absolute Gasteiger partial charge is 0.187 e. The first kappa shape index (κ1) is 14.6. The normalized spacial score (nSPS) is 56.0. The molecule has 3 aliphatic heterocycles. The number of hydrogen-bond acceptors (Lipinski definition) is 8. The van der Waals surface area contributed by atoms with E-state index < -0.39 is 61.9 Å². The molecule has 3 aliphatic rings. The first-order valence-electron chi connectivity index (χ1n) is 6.78. The fourth-order valence-electron chi connectivity index (χ4n) is 3.01. The SMILES string of the molecule is C[C@H]1O[C@H](O)C[C@H]2O[C@@H]3O[C@H](CO)[C@@H](O)[C@H](O)[C@H]3O[C@H]12. The zero-order valence-electron chi connectivity index (χ0n) is 11.0. The maximum absolute atomic E-state index is 10.1. The third-order valence-corrected chi connectivity index (χ3v) is 4.08. The molecule has 4 N–H and O–H groups in total. The lowest BCUT2D eigenvalue weighted by atomic mass is 9.94. The van der Waals surface area contributed by atoms with Crippen molar-refractivity contribution in [2.45, 2.75) is 68.7 Å². The highest BCUT2D eigenvalue weighted by Gasteiger charge is 2.53. The fraction of sp³-hybridized carbons (Fsp3) is 1.00. The molecule has 8 heteroatoms. The lowest BCUT2D eigenvalue weighted by Gasteiger charge is -2.51. The summed E-state index contributed by atoms with van der Waals surface area (Å²) in [5, 5.41) is 38.6. The van der Waals surface area contributed by atoms with Gasteiger partial charge in [-0.3, -0.25) is 0 Å². The Labute approximate surface area is 115 Å². The van der Waals surface area contributed by atoms with Crippen LogP contribution in [0.5, 0.6) is 0 Å². The molecule has 9 atom stereocenters. The summed E-state index contributed by atoms with van der Waals surface area (Å²) < 4.78 is 22.1. The summed E-state index contributed by atoms with van der Waals surface area (Å²) in [6.45, 7) is 1.31. The largest absolute Gasteiger partial charge is 0.394 e. The molecule has 3 heterocycles. The quantitative estimate of drug-likeness (QED) is 0.426. The molecule has 0 amide bonds. The molecule has 0 aliphatic carbocycles.